The summed E-state index contributed by atoms with van der Waals surface area (Å²) in [5.41, 5.74) is 0. The Balaban J connectivity index is 3.30. The fourth-order valence-electron chi connectivity index (χ4n) is 2.22. The Kier molecular flexibility index (Phi) is 11.7. The summed E-state index contributed by atoms with van der Waals surface area (Å²) in [6, 6.07) is 0. The number of hydrogen-bond donors (Lipinski definition) is 0. The summed E-state index contributed by atoms with van der Waals surface area (Å²) in [4.78, 5) is 0. The van der Waals surface area contributed by atoms with Gasteiger partial charge in [-0.15, -0.1) is 0 Å². The van der Waals surface area contributed by atoms with E-state index in [0.29, 0.717) is 18.1 Å². The molecule has 0 fully saturated rings. The molecule has 0 bridgehead atoms. The highest BCUT2D eigenvalue weighted by Gasteiger charge is 2.56. The molecule has 0 aromatic rings. The van der Waals surface area contributed by atoms with Crippen LogP contribution in [0.5, 0.6) is 0 Å². The third-order valence-corrected chi connectivity index (χ3v) is 3.72. The summed E-state index contributed by atoms with van der Waals surface area (Å²) in [5, 5.41) is 0.568. The van der Waals surface area contributed by atoms with Gasteiger partial charge >= 0.3 is 12.1 Å². The summed E-state index contributed by atoms with van der Waals surface area (Å²) < 4.78 is 66.3. The van der Waals surface area contributed by atoms with E-state index in [1.54, 1.807) is 6.92 Å². The lowest BCUT2D eigenvalue weighted by Crippen LogP contribution is -2.36. The third kappa shape index (κ3) is 12.6. The van der Waals surface area contributed by atoms with Gasteiger partial charge < -0.3 is 4.74 Å². The Morgan fingerprint density at radius 1 is 0.739 bits per heavy atom. The van der Waals surface area contributed by atoms with Crippen LogP contribution in [0.1, 0.15) is 77.6 Å². The normalized spacial score (nSPS) is 12.4. The predicted molar refractivity (Wildman–Crippen MR) is 86.0 cm³/mol. The van der Waals surface area contributed by atoms with Crippen molar-refractivity contribution >= 4 is 17.3 Å². The van der Waals surface area contributed by atoms with Gasteiger partial charge in [-0.25, -0.2) is 0 Å². The molecule has 138 valence electrons. The maximum atomic E-state index is 12.6. The maximum absolute atomic E-state index is 12.6. The first-order chi connectivity index (χ1) is 10.7. The molecular formula is C16H27F5OS. The van der Waals surface area contributed by atoms with Crippen LogP contribution < -0.4 is 0 Å². The zero-order valence-corrected chi connectivity index (χ0v) is 14.5. The lowest BCUT2D eigenvalue weighted by atomic mass is 10.0. The van der Waals surface area contributed by atoms with Gasteiger partial charge in [-0.05, 0) is 25.1 Å². The summed E-state index contributed by atoms with van der Waals surface area (Å²) >= 11 is 4.79. The number of alkyl halides is 5. The van der Waals surface area contributed by atoms with Gasteiger partial charge in [-0.2, -0.15) is 22.0 Å². The van der Waals surface area contributed by atoms with Crippen molar-refractivity contribution in [2.24, 2.45) is 0 Å². The first kappa shape index (κ1) is 22.5. The summed E-state index contributed by atoms with van der Waals surface area (Å²) in [6.45, 7) is 2.41. The minimum atomic E-state index is -5.42. The van der Waals surface area contributed by atoms with Crippen molar-refractivity contribution in [2.45, 2.75) is 89.7 Å². The molecule has 23 heavy (non-hydrogen) atoms. The number of hydrogen-bond acceptors (Lipinski definition) is 2. The van der Waals surface area contributed by atoms with Crippen molar-refractivity contribution < 1.29 is 26.7 Å². The van der Waals surface area contributed by atoms with Crippen molar-refractivity contribution in [1.29, 1.82) is 0 Å². The molecule has 0 aliphatic heterocycles. The Morgan fingerprint density at radius 2 is 1.13 bits per heavy atom. The molecule has 1 nitrogen and oxygen atoms in total. The minimum Gasteiger partial charge on any atom is -0.487 e. The molecule has 0 saturated heterocycles. The molecule has 0 aromatic carbocycles. The molecule has 0 amide bonds. The average molecular weight is 362 g/mol. The molecule has 0 aliphatic rings. The highest BCUT2D eigenvalue weighted by molar-refractivity contribution is 7.80. The monoisotopic (exact) mass is 362 g/mol. The lowest BCUT2D eigenvalue weighted by Gasteiger charge is -2.19. The highest BCUT2D eigenvalue weighted by atomic mass is 32.1. The van der Waals surface area contributed by atoms with Crippen molar-refractivity contribution in [1.82, 2.24) is 0 Å². The van der Waals surface area contributed by atoms with E-state index in [1.165, 1.54) is 0 Å². The van der Waals surface area contributed by atoms with Crippen LogP contribution in [0.4, 0.5) is 22.0 Å². The molecule has 0 spiro atoms. The van der Waals surface area contributed by atoms with Gasteiger partial charge in [0.05, 0.1) is 6.61 Å². The molecular weight excluding hydrogens is 335 g/mol. The van der Waals surface area contributed by atoms with Crippen molar-refractivity contribution in [3.8, 4) is 0 Å². The first-order valence-electron chi connectivity index (χ1n) is 8.25. The molecule has 0 N–H and O–H groups in total. The van der Waals surface area contributed by atoms with Crippen LogP contribution in [0.2, 0.25) is 0 Å². The van der Waals surface area contributed by atoms with E-state index in [0.717, 1.165) is 51.4 Å². The van der Waals surface area contributed by atoms with Crippen LogP contribution in [0, 0.1) is 0 Å². The maximum Gasteiger partial charge on any atom is 0.453 e. The molecule has 0 saturated carbocycles. The van der Waals surface area contributed by atoms with Crippen LogP contribution in [-0.2, 0) is 4.74 Å². The van der Waals surface area contributed by atoms with Crippen LogP contribution in [-0.4, -0.2) is 23.8 Å². The van der Waals surface area contributed by atoms with Crippen LogP contribution in [0.3, 0.4) is 0 Å². The highest BCUT2D eigenvalue weighted by Crippen LogP contribution is 2.39. The van der Waals surface area contributed by atoms with E-state index in [-0.39, 0.29) is 6.42 Å². The Bertz CT molecular complexity index is 318. The molecule has 0 rings (SSSR count). The van der Waals surface area contributed by atoms with Crippen LogP contribution in [0.15, 0.2) is 0 Å². The van der Waals surface area contributed by atoms with E-state index in [2.05, 4.69) is 0 Å². The number of ether oxygens (including phenoxy) is 1. The zero-order chi connectivity index (χ0) is 17.8. The largest absolute Gasteiger partial charge is 0.487 e. The number of unbranched alkanes of at least 4 members (excludes halogenated alkanes) is 9. The second-order valence-electron chi connectivity index (χ2n) is 5.83. The van der Waals surface area contributed by atoms with Gasteiger partial charge in [0.2, 0.25) is 0 Å². The minimum absolute atomic E-state index is 0.0776. The number of rotatable bonds is 13. The van der Waals surface area contributed by atoms with Crippen molar-refractivity contribution in [3.63, 3.8) is 0 Å². The molecule has 7 heteroatoms. The molecule has 0 radical (unpaired) electrons. The second kappa shape index (κ2) is 12.0. The Morgan fingerprint density at radius 3 is 1.52 bits per heavy atom. The first-order valence-corrected chi connectivity index (χ1v) is 8.65. The predicted octanol–water partition coefficient (Wildman–Crippen LogP) is 6.84. The van der Waals surface area contributed by atoms with Gasteiger partial charge in [0.1, 0.15) is 0 Å². The van der Waals surface area contributed by atoms with Gasteiger partial charge in [-0.1, -0.05) is 51.4 Å². The van der Waals surface area contributed by atoms with Crippen LogP contribution in [0.25, 0.3) is 0 Å². The summed E-state index contributed by atoms with van der Waals surface area (Å²) in [6.07, 6.45) is 1.85. The molecule has 0 atom stereocenters. The Labute approximate surface area is 141 Å². The standard InChI is InChI=1S/C16H27F5OS/c1-14(23)22-13-11-9-7-5-3-2-4-6-8-10-12-15(17,18)16(19,20)21/h2-13H2,1H3. The topological polar surface area (TPSA) is 9.23 Å². The van der Waals surface area contributed by atoms with E-state index in [4.69, 9.17) is 17.0 Å². The van der Waals surface area contributed by atoms with E-state index in [9.17, 15) is 22.0 Å². The van der Waals surface area contributed by atoms with Gasteiger partial charge in [0, 0.05) is 13.3 Å². The summed E-state index contributed by atoms with van der Waals surface area (Å²) in [5.74, 6) is -4.54. The molecule has 0 aromatic heterocycles. The lowest BCUT2D eigenvalue weighted by molar-refractivity contribution is -0.284. The van der Waals surface area contributed by atoms with Gasteiger partial charge in [0.25, 0.3) is 0 Å². The number of thiocarbonyl (C=S) groups is 1. The van der Waals surface area contributed by atoms with Crippen molar-refractivity contribution in [3.05, 3.63) is 0 Å². The van der Waals surface area contributed by atoms with Crippen LogP contribution >= 0.6 is 12.2 Å². The Hall–Kier alpha value is -0.460. The van der Waals surface area contributed by atoms with E-state index in [1.807, 2.05) is 0 Å². The van der Waals surface area contributed by atoms with Gasteiger partial charge in [0.15, 0.2) is 5.05 Å². The summed E-state index contributed by atoms with van der Waals surface area (Å²) in [7, 11) is 0. The fraction of sp³-hybridized carbons (Fsp3) is 0.938. The smallest absolute Gasteiger partial charge is 0.453 e. The van der Waals surface area contributed by atoms with E-state index >= 15 is 0 Å². The third-order valence-electron chi connectivity index (χ3n) is 3.61. The van der Waals surface area contributed by atoms with Crippen molar-refractivity contribution in [2.75, 3.05) is 6.61 Å². The van der Waals surface area contributed by atoms with E-state index < -0.39 is 18.5 Å². The second-order valence-corrected chi connectivity index (χ2v) is 6.40. The zero-order valence-electron chi connectivity index (χ0n) is 13.7. The average Bonchev–Trinajstić information content (AvgIpc) is 2.42. The quantitative estimate of drug-likeness (QED) is 0.201. The number of halogens is 5. The molecule has 0 heterocycles. The molecule has 0 unspecified atom stereocenters. The molecule has 0 aliphatic carbocycles. The van der Waals surface area contributed by atoms with Gasteiger partial charge in [-0.3, -0.25) is 0 Å². The SMILES string of the molecule is CC(=S)OCCCCCCCCCCCCC(F)(F)C(F)(F)F. The fourth-order valence-corrected chi connectivity index (χ4v) is 2.30.